The summed E-state index contributed by atoms with van der Waals surface area (Å²) in [5, 5.41) is 53.3. The molecule has 4 amide bonds. The van der Waals surface area contributed by atoms with Crippen LogP contribution in [0, 0.1) is 11.3 Å². The Hall–Kier alpha value is -14.7. The minimum atomic E-state index is -0.307. The number of carbonyl (C=O) groups excluding carboxylic acids is 4. The molecule has 0 saturated carbocycles. The largest absolute Gasteiger partial charge is 0.321 e. The predicted octanol–water partition coefficient (Wildman–Crippen LogP) is 20.5. The molecule has 23 rings (SSSR count). The van der Waals surface area contributed by atoms with Crippen LogP contribution in [0.4, 0.5) is 22.7 Å². The summed E-state index contributed by atoms with van der Waals surface area (Å²) in [5.41, 5.74) is 24.7. The number of carbonyl (C=O) groups is 4. The summed E-state index contributed by atoms with van der Waals surface area (Å²) in [6.07, 6.45) is 37.5. The summed E-state index contributed by atoms with van der Waals surface area (Å²) in [4.78, 5) is 92.4. The molecule has 7 saturated heterocycles. The number of nitriles is 1. The van der Waals surface area contributed by atoms with E-state index in [4.69, 9.17) is 5.26 Å². The van der Waals surface area contributed by atoms with Crippen molar-refractivity contribution in [3.8, 4) is 50.6 Å². The summed E-state index contributed by atoms with van der Waals surface area (Å²) in [5.74, 6) is -0.984. The summed E-state index contributed by atoms with van der Waals surface area (Å²) in [6.45, 7) is 24.8. The molecule has 9 aromatic heterocycles. The summed E-state index contributed by atoms with van der Waals surface area (Å²) in [7, 11) is 0. The summed E-state index contributed by atoms with van der Waals surface area (Å²) in [6, 6.07) is 63.1. The molecule has 0 aliphatic carbocycles. The fraction of sp³-hybridized carbons (Fsp3) is 0.339. The topological polar surface area (TPSA) is 342 Å². The van der Waals surface area contributed by atoms with Gasteiger partial charge in [-0.3, -0.25) is 98.8 Å². The fourth-order valence-electron chi connectivity index (χ4n) is 21.0. The number of H-pyrrole nitrogens is 4. The van der Waals surface area contributed by atoms with E-state index in [1.165, 1.54) is 136 Å². The Labute approximate surface area is 839 Å². The first-order valence-corrected chi connectivity index (χ1v) is 51.3. The normalized spacial score (nSPS) is 17.1. The van der Waals surface area contributed by atoms with Crippen molar-refractivity contribution >= 4 is 90.0 Å². The Kier molecular flexibility index (Phi) is 31.0. The number of fused-ring (bicyclic) bond motifs is 4. The van der Waals surface area contributed by atoms with Crippen LogP contribution in [0.5, 0.6) is 0 Å². The molecule has 7 fully saturated rings. The number of benzene rings is 7. The van der Waals surface area contributed by atoms with Gasteiger partial charge < -0.3 is 21.3 Å². The molecule has 8 N–H and O–H groups in total. The number of likely N-dealkylation sites (tertiary alicyclic amines) is 7. The highest BCUT2D eigenvalue weighted by Crippen LogP contribution is 2.36. The van der Waals surface area contributed by atoms with Crippen LogP contribution < -0.4 is 21.3 Å². The van der Waals surface area contributed by atoms with Gasteiger partial charge in [-0.05, 0) is 365 Å². The second-order valence-corrected chi connectivity index (χ2v) is 39.7. The van der Waals surface area contributed by atoms with Gasteiger partial charge in [-0.2, -0.15) is 25.7 Å². The average molecular weight is 1920 g/mol. The molecule has 7 aliphatic heterocycles. The van der Waals surface area contributed by atoms with Gasteiger partial charge in [0, 0.05) is 168 Å². The van der Waals surface area contributed by atoms with Crippen molar-refractivity contribution in [2.45, 2.75) is 174 Å². The molecule has 0 radical (unpaired) electrons. The lowest BCUT2D eigenvalue weighted by Gasteiger charge is -2.39. The quantitative estimate of drug-likeness (QED) is 0.0250. The molecule has 0 spiro atoms. The lowest BCUT2D eigenvalue weighted by Crippen LogP contribution is -2.42. The van der Waals surface area contributed by atoms with Crippen molar-refractivity contribution in [2.24, 2.45) is 0 Å². The highest BCUT2D eigenvalue weighted by Gasteiger charge is 2.28. The maximum Gasteiger partial charge on any atom is 0.276 e. The van der Waals surface area contributed by atoms with Crippen LogP contribution in [0.15, 0.2) is 238 Å². The first-order valence-electron chi connectivity index (χ1n) is 51.3. The first-order chi connectivity index (χ1) is 70.6. The van der Waals surface area contributed by atoms with Crippen LogP contribution in [0.3, 0.4) is 0 Å². The molecule has 734 valence electrons. The summed E-state index contributed by atoms with van der Waals surface area (Å²) >= 11 is 0. The third-order valence-corrected chi connectivity index (χ3v) is 28.9. The number of nitrogens with zero attached hydrogens (tertiary/aromatic N) is 17. The average Bonchev–Trinajstić information content (AvgIpc) is 1.61. The molecule has 16 aromatic rings. The van der Waals surface area contributed by atoms with E-state index < -0.39 is 0 Å². The zero-order valence-corrected chi connectivity index (χ0v) is 82.2. The third-order valence-electron chi connectivity index (χ3n) is 28.9. The number of hydrogen-bond donors (Lipinski definition) is 8. The van der Waals surface area contributed by atoms with Crippen LogP contribution >= 0.6 is 0 Å². The number of aromatic amines is 4. The molecule has 7 aliphatic rings. The number of piperidine rings is 3. The van der Waals surface area contributed by atoms with Gasteiger partial charge in [0.25, 0.3) is 23.6 Å². The zero-order chi connectivity index (χ0) is 98.0. The molecule has 29 nitrogen and oxygen atoms in total. The van der Waals surface area contributed by atoms with E-state index in [1.54, 1.807) is 30.5 Å². The minimum Gasteiger partial charge on any atom is -0.321 e. The number of rotatable bonds is 26. The van der Waals surface area contributed by atoms with E-state index in [9.17, 15) is 19.2 Å². The fourth-order valence-corrected chi connectivity index (χ4v) is 21.0. The van der Waals surface area contributed by atoms with Gasteiger partial charge in [-0.25, -0.2) is 0 Å². The molecule has 7 aromatic carbocycles. The molecule has 16 heterocycles. The van der Waals surface area contributed by atoms with Gasteiger partial charge in [0.05, 0.1) is 51.3 Å². The van der Waals surface area contributed by atoms with E-state index >= 15 is 0 Å². The second kappa shape index (κ2) is 46.1. The van der Waals surface area contributed by atoms with Crippen molar-refractivity contribution in [1.82, 2.24) is 100 Å². The number of hydrogen-bond acceptors (Lipinski definition) is 21. The van der Waals surface area contributed by atoms with Gasteiger partial charge >= 0.3 is 0 Å². The van der Waals surface area contributed by atoms with Gasteiger partial charge in [-0.15, -0.1) is 0 Å². The molecule has 144 heavy (non-hydrogen) atoms. The predicted molar refractivity (Wildman–Crippen MR) is 567 cm³/mol. The molecule has 0 unspecified atom stereocenters. The number of amides is 4. The van der Waals surface area contributed by atoms with Crippen LogP contribution in [-0.2, 0) is 45.8 Å². The van der Waals surface area contributed by atoms with E-state index in [0.29, 0.717) is 51.8 Å². The standard InChI is InChI=1S/C30H34N6O.C29H32N6O.C28H31N7O.C28H28N6O/c37-30(32-26-8-6-7-22(16-26)20-35-11-2-1-3-12-35)29-27-17-24(9-10-28(27)33-34-29)25-15-23(18-31-19-25)21-36-13-4-5-14-36;36-29(31-25-7-5-6-21(15-25)19-34-10-1-2-11-34)28-26-16-23(8-9-27(26)32-33-28)24-14-22(17-30-18-24)20-35-12-3-4-13-35;36-28(31-23-6-7-24(30-17-23)19-35-11-4-12-35)27-25-14-21(5-8-26(25)32-33-27)22-13-20(15-29-16-22)18-34-9-2-1-3-10-34;1-18-4-3-5-19(2)34(18)17-21-12-23(16-30-15-21)22-8-11-26-25(13-22)27(33-32-26)28(35)31-24-9-6-20(14-29)7-10-24/h6-10,15-19H,1-5,11-14,20-21H2,(H,32,37)(H,33,34);5-9,14-18H,1-4,10-13,19-20H2,(H,31,36)(H,32,33);5-8,13-17H,1-4,9-12,18-19H2,(H,31,36)(H,32,33);6-13,15-16,18-19H,3-5,17H2,1-2H3,(H,31,35)(H,32,33)/t;;;18-,19+. The maximum atomic E-state index is 13.3. The number of nitrogens with one attached hydrogen (secondary N) is 8. The lowest BCUT2D eigenvalue weighted by molar-refractivity contribution is 0.0952. The van der Waals surface area contributed by atoms with Crippen LogP contribution in [-0.4, -0.2) is 214 Å². The van der Waals surface area contributed by atoms with Crippen molar-refractivity contribution in [1.29, 1.82) is 5.26 Å². The van der Waals surface area contributed by atoms with Crippen molar-refractivity contribution in [3.63, 3.8) is 0 Å². The minimum absolute atomic E-state index is 0.209. The van der Waals surface area contributed by atoms with Crippen LogP contribution in [0.1, 0.15) is 203 Å². The Bertz CT molecular complexity index is 7200. The highest BCUT2D eigenvalue weighted by molar-refractivity contribution is 6.15. The third kappa shape index (κ3) is 24.4. The second-order valence-electron chi connectivity index (χ2n) is 39.7. The zero-order valence-electron chi connectivity index (χ0n) is 82.2. The van der Waals surface area contributed by atoms with Gasteiger partial charge in [0.15, 0.2) is 22.8 Å². The van der Waals surface area contributed by atoms with Gasteiger partial charge in [0.2, 0.25) is 0 Å². The van der Waals surface area contributed by atoms with Crippen molar-refractivity contribution < 1.29 is 19.2 Å². The Morgan fingerprint density at radius 3 is 0.944 bits per heavy atom. The first kappa shape index (κ1) is 96.7. The Balaban J connectivity index is 0.000000117. The molecule has 0 bridgehead atoms. The van der Waals surface area contributed by atoms with E-state index in [1.807, 2.05) is 147 Å². The van der Waals surface area contributed by atoms with E-state index in [0.717, 1.165) is 230 Å². The Morgan fingerprint density at radius 1 is 0.299 bits per heavy atom. The SMILES string of the molecule is C[C@@H]1CCC[C@H](C)N1Cc1cncc(-c2ccc3[nH]nc(C(=O)Nc4ccc(C#N)cc4)c3c2)c1.O=C(Nc1ccc(CN2CCC2)nc1)c1n[nH]c2ccc(-c3cncc(CN4CCCCC4)c3)cc12.O=C(Nc1cccc(CN2CCCC2)c1)c1n[nH]c2ccc(-c3cncc(CN4CCCC4)c3)cc12.O=C(Nc1cccc(CN2CCCCC2)c1)c1n[nH]c2ccc(-c3cncc(CN4CCCC4)c3)cc12. The Morgan fingerprint density at radius 2 is 0.611 bits per heavy atom. The summed E-state index contributed by atoms with van der Waals surface area (Å²) < 4.78 is 0. The lowest BCUT2D eigenvalue weighted by atomic mass is 9.96. The molecular weight excluding hydrogens is 1800 g/mol. The van der Waals surface area contributed by atoms with Gasteiger partial charge in [-0.1, -0.05) is 67.8 Å². The van der Waals surface area contributed by atoms with Crippen LogP contribution in [0.25, 0.3) is 88.1 Å². The number of anilines is 4. The molecular formula is C115H125N25O4. The van der Waals surface area contributed by atoms with E-state index in [-0.39, 0.29) is 23.6 Å². The molecule has 29 heteroatoms. The van der Waals surface area contributed by atoms with Gasteiger partial charge in [0.1, 0.15) is 0 Å². The van der Waals surface area contributed by atoms with Crippen molar-refractivity contribution in [3.05, 3.63) is 305 Å². The number of pyridine rings is 5. The van der Waals surface area contributed by atoms with E-state index in [2.05, 4.69) is 202 Å². The number of aromatic nitrogens is 13. The monoisotopic (exact) mass is 1920 g/mol. The molecule has 2 atom stereocenters. The maximum absolute atomic E-state index is 13.3. The van der Waals surface area contributed by atoms with Crippen molar-refractivity contribution in [2.75, 3.05) is 99.8 Å². The highest BCUT2D eigenvalue weighted by atomic mass is 16.2. The smallest absolute Gasteiger partial charge is 0.276 e. The van der Waals surface area contributed by atoms with Crippen LogP contribution in [0.2, 0.25) is 0 Å².